The fourth-order valence-corrected chi connectivity index (χ4v) is 2.80. The van der Waals surface area contributed by atoms with Crippen LogP contribution in [0.1, 0.15) is 55.6 Å². The molecule has 2 N–H and O–H groups in total. The molecule has 0 saturated carbocycles. The topological polar surface area (TPSA) is 84.0 Å². The average Bonchev–Trinajstić information content (AvgIpc) is 2.64. The van der Waals surface area contributed by atoms with Crippen LogP contribution >= 0.6 is 0 Å². The second-order valence-corrected chi connectivity index (χ2v) is 7.89. The summed E-state index contributed by atoms with van der Waals surface area (Å²) in [6.07, 6.45) is -10.00. The third kappa shape index (κ3) is 6.69. The molecule has 1 heterocycles. The lowest BCUT2D eigenvalue weighted by molar-refractivity contribution is -0.143. The Bertz CT molecular complexity index is 1160. The molecule has 34 heavy (non-hydrogen) atoms. The summed E-state index contributed by atoms with van der Waals surface area (Å²) in [7, 11) is 0. The summed E-state index contributed by atoms with van der Waals surface area (Å²) in [6, 6.07) is 1.27. The molecule has 0 aliphatic carbocycles. The molecule has 0 radical (unpaired) electrons. The van der Waals surface area contributed by atoms with Crippen molar-refractivity contribution in [1.29, 1.82) is 0 Å². The van der Waals surface area contributed by atoms with Crippen molar-refractivity contribution >= 4 is 23.6 Å². The summed E-state index contributed by atoms with van der Waals surface area (Å²) in [6.45, 7) is 6.61. The van der Waals surface area contributed by atoms with Crippen molar-refractivity contribution in [2.24, 2.45) is 0 Å². The van der Waals surface area contributed by atoms with Gasteiger partial charge in [0, 0.05) is 13.8 Å². The van der Waals surface area contributed by atoms with Gasteiger partial charge in [0.25, 0.3) is 0 Å². The van der Waals surface area contributed by atoms with Crippen LogP contribution in [0.15, 0.2) is 18.2 Å². The van der Waals surface area contributed by atoms with Crippen LogP contribution in [-0.4, -0.2) is 21.8 Å². The van der Waals surface area contributed by atoms with Gasteiger partial charge in [-0.3, -0.25) is 14.9 Å². The molecule has 12 heteroatoms. The van der Waals surface area contributed by atoms with Gasteiger partial charge in [0.05, 0.1) is 27.8 Å². The van der Waals surface area contributed by atoms with Gasteiger partial charge in [-0.25, -0.2) is 4.98 Å². The monoisotopic (exact) mass is 486 g/mol. The largest absolute Gasteiger partial charge is 0.416 e. The van der Waals surface area contributed by atoms with E-state index in [2.05, 4.69) is 32.4 Å². The first kappa shape index (κ1) is 26.6. The van der Waals surface area contributed by atoms with E-state index in [1.807, 2.05) is 0 Å². The van der Waals surface area contributed by atoms with Crippen molar-refractivity contribution in [3.8, 4) is 11.8 Å². The van der Waals surface area contributed by atoms with Gasteiger partial charge in [0.15, 0.2) is 5.82 Å². The van der Waals surface area contributed by atoms with E-state index in [0.29, 0.717) is 12.1 Å². The fourth-order valence-electron chi connectivity index (χ4n) is 2.80. The molecule has 2 aromatic rings. The van der Waals surface area contributed by atoms with Crippen molar-refractivity contribution in [3.63, 3.8) is 0 Å². The van der Waals surface area contributed by atoms with Gasteiger partial charge in [0.2, 0.25) is 17.8 Å². The normalized spacial score (nSPS) is 12.0. The zero-order chi connectivity index (χ0) is 26.1. The zero-order valence-corrected chi connectivity index (χ0v) is 18.7. The fraction of sp³-hybridized carbons (Fsp3) is 0.364. The van der Waals surface area contributed by atoms with Crippen LogP contribution < -0.4 is 10.6 Å². The van der Waals surface area contributed by atoms with Gasteiger partial charge >= 0.3 is 12.4 Å². The maximum absolute atomic E-state index is 13.2. The number of aryl methyl sites for hydroxylation is 1. The minimum atomic E-state index is -5.00. The predicted molar refractivity (Wildman–Crippen MR) is 112 cm³/mol. The number of carbonyl (C=O) groups is 2. The Hall–Kier alpha value is -3.62. The van der Waals surface area contributed by atoms with Gasteiger partial charge in [-0.2, -0.15) is 31.3 Å². The van der Waals surface area contributed by atoms with E-state index >= 15 is 0 Å². The molecule has 182 valence electrons. The van der Waals surface area contributed by atoms with E-state index in [-0.39, 0.29) is 34.7 Å². The number of nitrogens with one attached hydrogen (secondary N) is 2. The maximum atomic E-state index is 13.2. The Morgan fingerprint density at radius 2 is 1.29 bits per heavy atom. The number of anilines is 2. The Balaban J connectivity index is 2.65. The van der Waals surface area contributed by atoms with Gasteiger partial charge in [-0.1, -0.05) is 11.8 Å². The number of hydrogen-bond acceptors (Lipinski definition) is 4. The summed E-state index contributed by atoms with van der Waals surface area (Å²) >= 11 is 0. The zero-order valence-electron chi connectivity index (χ0n) is 18.7. The second-order valence-electron chi connectivity index (χ2n) is 7.89. The molecular formula is C22H20F6N4O2. The SMILES string of the molecule is CC(=O)Nc1nc(C)c(C#CC(C)(C)c2cc(C(F)(F)F)cc(C(F)(F)F)c2)c(NC(C)=O)n1. The van der Waals surface area contributed by atoms with E-state index < -0.39 is 40.7 Å². The lowest BCUT2D eigenvalue weighted by Gasteiger charge is -2.22. The van der Waals surface area contributed by atoms with Crippen LogP contribution in [0, 0.1) is 18.8 Å². The second kappa shape index (κ2) is 9.32. The molecule has 0 saturated heterocycles. The van der Waals surface area contributed by atoms with E-state index in [4.69, 9.17) is 0 Å². The average molecular weight is 486 g/mol. The highest BCUT2D eigenvalue weighted by Crippen LogP contribution is 2.38. The van der Waals surface area contributed by atoms with E-state index in [1.54, 1.807) is 0 Å². The molecule has 6 nitrogen and oxygen atoms in total. The minimum Gasteiger partial charge on any atom is -0.310 e. The molecule has 0 bridgehead atoms. The molecule has 0 atom stereocenters. The molecule has 1 aromatic carbocycles. The number of hydrogen-bond donors (Lipinski definition) is 2. The molecule has 0 spiro atoms. The van der Waals surface area contributed by atoms with Crippen molar-refractivity contribution in [3.05, 3.63) is 46.1 Å². The summed E-state index contributed by atoms with van der Waals surface area (Å²) in [5, 5.41) is 4.77. The van der Waals surface area contributed by atoms with Crippen LogP contribution in [0.25, 0.3) is 0 Å². The number of rotatable bonds is 3. The predicted octanol–water partition coefficient (Wildman–Crippen LogP) is 5.07. The van der Waals surface area contributed by atoms with Gasteiger partial charge in [-0.05, 0) is 44.5 Å². The molecule has 0 aliphatic heterocycles. The Morgan fingerprint density at radius 1 is 0.824 bits per heavy atom. The number of aromatic nitrogens is 2. The Labute approximate surface area is 191 Å². The van der Waals surface area contributed by atoms with Crippen LogP contribution in [0.4, 0.5) is 38.1 Å². The minimum absolute atomic E-state index is 0.0423. The standard InChI is InChI=1S/C22H20F6N4O2/c1-11-17(18(30-12(2)33)32-19(29-11)31-13(3)34)6-7-20(4,5)14-8-15(21(23,24)25)10-16(9-14)22(26,27)28/h8-10H,1-5H3,(H2,29,30,31,32,33,34). The van der Waals surface area contributed by atoms with Gasteiger partial charge in [0.1, 0.15) is 0 Å². The van der Waals surface area contributed by atoms with Gasteiger partial charge in [-0.15, -0.1) is 0 Å². The molecule has 2 amide bonds. The summed E-state index contributed by atoms with van der Waals surface area (Å²) in [4.78, 5) is 30.9. The highest BCUT2D eigenvalue weighted by atomic mass is 19.4. The number of carbonyl (C=O) groups excluding carboxylic acids is 2. The maximum Gasteiger partial charge on any atom is 0.416 e. The summed E-state index contributed by atoms with van der Waals surface area (Å²) < 4.78 is 79.4. The first-order valence-electron chi connectivity index (χ1n) is 9.67. The lowest BCUT2D eigenvalue weighted by Crippen LogP contribution is -2.19. The van der Waals surface area contributed by atoms with E-state index in [0.717, 1.165) is 0 Å². The molecule has 0 fully saturated rings. The summed E-state index contributed by atoms with van der Waals surface area (Å²) in [5.41, 5.74) is -4.39. The molecule has 0 unspecified atom stereocenters. The van der Waals surface area contributed by atoms with E-state index in [9.17, 15) is 35.9 Å². The number of nitrogens with zero attached hydrogens (tertiary/aromatic N) is 2. The van der Waals surface area contributed by atoms with E-state index in [1.165, 1.54) is 34.6 Å². The first-order chi connectivity index (χ1) is 15.4. The Morgan fingerprint density at radius 3 is 1.74 bits per heavy atom. The number of alkyl halides is 6. The number of halogens is 6. The number of amides is 2. The Kier molecular flexibility index (Phi) is 7.30. The quantitative estimate of drug-likeness (QED) is 0.469. The van der Waals surface area contributed by atoms with Crippen LogP contribution in [-0.2, 0) is 27.4 Å². The first-order valence-corrected chi connectivity index (χ1v) is 9.67. The van der Waals surface area contributed by atoms with Gasteiger partial charge < -0.3 is 5.32 Å². The number of benzene rings is 1. The molecular weight excluding hydrogens is 466 g/mol. The third-order valence-electron chi connectivity index (χ3n) is 4.48. The molecule has 1 aromatic heterocycles. The van der Waals surface area contributed by atoms with Crippen molar-refractivity contribution in [1.82, 2.24) is 9.97 Å². The molecule has 2 rings (SSSR count). The van der Waals surface area contributed by atoms with Crippen LogP contribution in [0.5, 0.6) is 0 Å². The molecule has 0 aliphatic rings. The van der Waals surface area contributed by atoms with Crippen molar-refractivity contribution in [2.45, 2.75) is 52.4 Å². The van der Waals surface area contributed by atoms with Crippen molar-refractivity contribution < 1.29 is 35.9 Å². The van der Waals surface area contributed by atoms with Crippen LogP contribution in [0.2, 0.25) is 0 Å². The lowest BCUT2D eigenvalue weighted by atomic mass is 9.83. The third-order valence-corrected chi connectivity index (χ3v) is 4.48. The smallest absolute Gasteiger partial charge is 0.310 e. The van der Waals surface area contributed by atoms with Crippen molar-refractivity contribution in [2.75, 3.05) is 10.6 Å². The highest BCUT2D eigenvalue weighted by Gasteiger charge is 2.38. The van der Waals surface area contributed by atoms with Crippen LogP contribution in [0.3, 0.4) is 0 Å². The highest BCUT2D eigenvalue weighted by molar-refractivity contribution is 5.90. The summed E-state index contributed by atoms with van der Waals surface area (Å²) in [5.74, 6) is 4.12.